The van der Waals surface area contributed by atoms with Crippen LogP contribution in [0.5, 0.6) is 0 Å². The molecule has 3 heterocycles. The van der Waals surface area contributed by atoms with Gasteiger partial charge in [0, 0.05) is 57.4 Å². The third kappa shape index (κ3) is 3.26. The lowest BCUT2D eigenvalue weighted by Crippen LogP contribution is -2.21. The van der Waals surface area contributed by atoms with Crippen LogP contribution < -0.4 is 9.80 Å². The Morgan fingerprint density at radius 3 is 2.54 bits per heavy atom. The highest BCUT2D eigenvalue weighted by Gasteiger charge is 2.24. The standard InChI is InChI=1S/C21H28N6O/c1-16-19(21(23-25(16)3)26-11-4-5-12-26)27-13-10-22-20(27)17-6-8-18(9-7-17)24(2)14-15-28/h6-10,13,28H,4-5,11-12,14-15H2,1-3H3. The molecule has 0 unspecified atom stereocenters. The van der Waals surface area contributed by atoms with Crippen LogP contribution in [0.2, 0.25) is 0 Å². The SMILES string of the molecule is Cc1c(-n2ccnc2-c2ccc(N(C)CCO)cc2)c(N2CCCC2)nn1C. The molecule has 2 aromatic heterocycles. The lowest BCUT2D eigenvalue weighted by molar-refractivity contribution is 0.304. The maximum Gasteiger partial charge on any atom is 0.175 e. The number of hydrogen-bond donors (Lipinski definition) is 1. The molecule has 0 saturated carbocycles. The van der Waals surface area contributed by atoms with Gasteiger partial charge >= 0.3 is 0 Å². The van der Waals surface area contributed by atoms with E-state index < -0.39 is 0 Å². The molecule has 1 aliphatic rings. The molecule has 0 spiro atoms. The van der Waals surface area contributed by atoms with E-state index in [1.54, 1.807) is 0 Å². The fraction of sp³-hybridized carbons (Fsp3) is 0.429. The monoisotopic (exact) mass is 380 g/mol. The summed E-state index contributed by atoms with van der Waals surface area (Å²) < 4.78 is 4.11. The smallest absolute Gasteiger partial charge is 0.175 e. The Morgan fingerprint density at radius 2 is 1.86 bits per heavy atom. The van der Waals surface area contributed by atoms with Gasteiger partial charge in [0.15, 0.2) is 5.82 Å². The van der Waals surface area contributed by atoms with Gasteiger partial charge < -0.3 is 14.9 Å². The molecule has 0 amide bonds. The minimum absolute atomic E-state index is 0.141. The number of benzene rings is 1. The van der Waals surface area contributed by atoms with E-state index in [0.717, 1.165) is 47.4 Å². The average molecular weight is 380 g/mol. The number of aliphatic hydroxyl groups excluding tert-OH is 1. The van der Waals surface area contributed by atoms with Gasteiger partial charge in [-0.25, -0.2) is 4.98 Å². The zero-order chi connectivity index (χ0) is 19.7. The van der Waals surface area contributed by atoms with Gasteiger partial charge in [-0.2, -0.15) is 5.10 Å². The predicted molar refractivity (Wildman–Crippen MR) is 112 cm³/mol. The van der Waals surface area contributed by atoms with E-state index in [2.05, 4.69) is 45.6 Å². The van der Waals surface area contributed by atoms with E-state index in [0.29, 0.717) is 6.54 Å². The summed E-state index contributed by atoms with van der Waals surface area (Å²) in [6, 6.07) is 8.32. The summed E-state index contributed by atoms with van der Waals surface area (Å²) >= 11 is 0. The van der Waals surface area contributed by atoms with E-state index in [1.165, 1.54) is 12.8 Å². The van der Waals surface area contributed by atoms with E-state index >= 15 is 0 Å². The minimum Gasteiger partial charge on any atom is -0.395 e. The third-order valence-electron chi connectivity index (χ3n) is 5.57. The second-order valence-corrected chi connectivity index (χ2v) is 7.39. The van der Waals surface area contributed by atoms with Crippen molar-refractivity contribution in [1.29, 1.82) is 0 Å². The maximum absolute atomic E-state index is 9.14. The first-order valence-corrected chi connectivity index (χ1v) is 9.85. The molecule has 7 nitrogen and oxygen atoms in total. The lowest BCUT2D eigenvalue weighted by atomic mass is 10.1. The Hall–Kier alpha value is -2.80. The van der Waals surface area contributed by atoms with Crippen molar-refractivity contribution in [3.8, 4) is 17.1 Å². The largest absolute Gasteiger partial charge is 0.395 e. The highest BCUT2D eigenvalue weighted by atomic mass is 16.3. The maximum atomic E-state index is 9.14. The first-order chi connectivity index (χ1) is 13.6. The highest BCUT2D eigenvalue weighted by molar-refractivity contribution is 5.68. The van der Waals surface area contributed by atoms with Crippen LogP contribution in [0.1, 0.15) is 18.5 Å². The fourth-order valence-corrected chi connectivity index (χ4v) is 3.85. The number of rotatable bonds is 6. The molecule has 0 radical (unpaired) electrons. The quantitative estimate of drug-likeness (QED) is 0.712. The van der Waals surface area contributed by atoms with Gasteiger partial charge in [0.1, 0.15) is 11.5 Å². The number of hydrogen-bond acceptors (Lipinski definition) is 5. The molecule has 0 bridgehead atoms. The Morgan fingerprint density at radius 1 is 1.14 bits per heavy atom. The number of likely N-dealkylation sites (N-methyl/N-ethyl adjacent to an activating group) is 1. The van der Waals surface area contributed by atoms with Crippen LogP contribution in [-0.4, -0.2) is 57.7 Å². The summed E-state index contributed by atoms with van der Waals surface area (Å²) in [5.41, 5.74) is 4.37. The third-order valence-corrected chi connectivity index (χ3v) is 5.57. The molecule has 4 rings (SSSR count). The Kier molecular flexibility index (Phi) is 5.09. The minimum atomic E-state index is 0.141. The number of nitrogens with zero attached hydrogens (tertiary/aromatic N) is 6. The molecule has 1 fully saturated rings. The normalized spacial score (nSPS) is 14.1. The van der Waals surface area contributed by atoms with Crippen LogP contribution in [0, 0.1) is 6.92 Å². The zero-order valence-corrected chi connectivity index (χ0v) is 16.8. The summed E-state index contributed by atoms with van der Waals surface area (Å²) in [5, 5.41) is 13.9. The first-order valence-electron chi connectivity index (χ1n) is 9.85. The second-order valence-electron chi connectivity index (χ2n) is 7.39. The van der Waals surface area contributed by atoms with Crippen molar-refractivity contribution in [2.75, 3.05) is 43.1 Å². The van der Waals surface area contributed by atoms with Crippen molar-refractivity contribution >= 4 is 11.5 Å². The molecule has 28 heavy (non-hydrogen) atoms. The summed E-state index contributed by atoms with van der Waals surface area (Å²) in [4.78, 5) is 9.05. The Bertz CT molecular complexity index is 936. The van der Waals surface area contributed by atoms with Gasteiger partial charge in [0.25, 0.3) is 0 Å². The summed E-state index contributed by atoms with van der Waals surface area (Å²) in [7, 11) is 3.98. The van der Waals surface area contributed by atoms with E-state index in [9.17, 15) is 0 Å². The van der Waals surface area contributed by atoms with Crippen molar-refractivity contribution in [3.05, 3.63) is 42.4 Å². The Labute approximate surface area is 165 Å². The highest BCUT2D eigenvalue weighted by Crippen LogP contribution is 2.32. The van der Waals surface area contributed by atoms with E-state index in [1.807, 2.05) is 36.1 Å². The van der Waals surface area contributed by atoms with Crippen LogP contribution in [-0.2, 0) is 7.05 Å². The van der Waals surface area contributed by atoms with Gasteiger partial charge in [-0.3, -0.25) is 9.25 Å². The lowest BCUT2D eigenvalue weighted by Gasteiger charge is -2.19. The van der Waals surface area contributed by atoms with Crippen molar-refractivity contribution in [2.45, 2.75) is 19.8 Å². The van der Waals surface area contributed by atoms with Crippen molar-refractivity contribution in [3.63, 3.8) is 0 Å². The average Bonchev–Trinajstić information content (AvgIpc) is 3.43. The molecule has 0 aliphatic carbocycles. The van der Waals surface area contributed by atoms with E-state index in [-0.39, 0.29) is 6.61 Å². The van der Waals surface area contributed by atoms with Gasteiger partial charge in [0.2, 0.25) is 0 Å². The van der Waals surface area contributed by atoms with Gasteiger partial charge in [-0.05, 0) is 44.0 Å². The van der Waals surface area contributed by atoms with Crippen molar-refractivity contribution in [1.82, 2.24) is 19.3 Å². The zero-order valence-electron chi connectivity index (χ0n) is 16.8. The fourth-order valence-electron chi connectivity index (χ4n) is 3.85. The van der Waals surface area contributed by atoms with Gasteiger partial charge in [-0.15, -0.1) is 0 Å². The molecule has 3 aromatic rings. The molecule has 1 N–H and O–H groups in total. The molecule has 7 heteroatoms. The van der Waals surface area contributed by atoms with Crippen LogP contribution in [0.3, 0.4) is 0 Å². The molecule has 0 atom stereocenters. The predicted octanol–water partition coefficient (Wildman–Crippen LogP) is 2.61. The van der Waals surface area contributed by atoms with Crippen molar-refractivity contribution < 1.29 is 5.11 Å². The molecule has 1 aliphatic heterocycles. The van der Waals surface area contributed by atoms with Crippen LogP contribution in [0.15, 0.2) is 36.7 Å². The van der Waals surface area contributed by atoms with Crippen molar-refractivity contribution in [2.24, 2.45) is 7.05 Å². The number of aliphatic hydroxyl groups is 1. The molecular weight excluding hydrogens is 352 g/mol. The summed E-state index contributed by atoms with van der Waals surface area (Å²) in [6.07, 6.45) is 6.30. The number of anilines is 2. The van der Waals surface area contributed by atoms with Crippen LogP contribution >= 0.6 is 0 Å². The molecule has 1 aromatic carbocycles. The van der Waals surface area contributed by atoms with Gasteiger partial charge in [0.05, 0.1) is 12.3 Å². The first kappa shape index (κ1) is 18.6. The number of aromatic nitrogens is 4. The van der Waals surface area contributed by atoms with Crippen LogP contribution in [0.4, 0.5) is 11.5 Å². The van der Waals surface area contributed by atoms with Crippen LogP contribution in [0.25, 0.3) is 17.1 Å². The summed E-state index contributed by atoms with van der Waals surface area (Å²) in [5.74, 6) is 1.95. The summed E-state index contributed by atoms with van der Waals surface area (Å²) in [6.45, 7) is 4.97. The van der Waals surface area contributed by atoms with E-state index in [4.69, 9.17) is 10.2 Å². The number of imidazole rings is 1. The topological polar surface area (TPSA) is 62.4 Å². The van der Waals surface area contributed by atoms with Gasteiger partial charge in [-0.1, -0.05) is 0 Å². The molecule has 148 valence electrons. The second kappa shape index (κ2) is 7.67. The Balaban J connectivity index is 1.73. The number of aryl methyl sites for hydroxylation is 1. The molecular formula is C21H28N6O. The molecule has 1 saturated heterocycles.